The Morgan fingerprint density at radius 3 is 1.75 bits per heavy atom. The van der Waals surface area contributed by atoms with Gasteiger partial charge in [-0.3, -0.25) is 9.59 Å². The molecular weight excluding hydrogens is 372 g/mol. The van der Waals surface area contributed by atoms with Crippen molar-refractivity contribution < 1.29 is 42.9 Å². The highest BCUT2D eigenvalue weighted by Gasteiger charge is 2.71. The first-order valence-corrected chi connectivity index (χ1v) is 8.35. The molecule has 0 aliphatic carbocycles. The zero-order valence-corrected chi connectivity index (χ0v) is 16.2. The van der Waals surface area contributed by atoms with Crippen LogP contribution in [0.3, 0.4) is 0 Å². The van der Waals surface area contributed by atoms with E-state index in [1.807, 2.05) is 6.92 Å². The van der Waals surface area contributed by atoms with Crippen LogP contribution in [0.15, 0.2) is 24.3 Å². The fourth-order valence-corrected chi connectivity index (χ4v) is 3.38. The summed E-state index contributed by atoms with van der Waals surface area (Å²) in [7, 11) is 4.24. The number of ether oxygens (including phenoxy) is 5. The SMILES string of the molecule is COC(=O)[C@@H]1[C@H](c2ccc(C)cc2)OC(C(=O)OC)(C(=O)OC)[C@H]1C(=O)OC. The number of carbonyl (C=O) groups is 4. The van der Waals surface area contributed by atoms with Crippen LogP contribution in [-0.2, 0) is 42.9 Å². The third-order valence-electron chi connectivity index (χ3n) is 4.75. The van der Waals surface area contributed by atoms with Crippen LogP contribution in [-0.4, -0.2) is 57.9 Å². The van der Waals surface area contributed by atoms with Gasteiger partial charge in [-0.1, -0.05) is 29.8 Å². The van der Waals surface area contributed by atoms with E-state index in [-0.39, 0.29) is 0 Å². The lowest BCUT2D eigenvalue weighted by atomic mass is 9.77. The van der Waals surface area contributed by atoms with Crippen LogP contribution in [0, 0.1) is 18.8 Å². The van der Waals surface area contributed by atoms with E-state index in [0.29, 0.717) is 5.56 Å². The highest BCUT2D eigenvalue weighted by Crippen LogP contribution is 2.50. The zero-order chi connectivity index (χ0) is 21.1. The number of methoxy groups -OCH3 is 4. The van der Waals surface area contributed by atoms with Crippen LogP contribution in [0.25, 0.3) is 0 Å². The average molecular weight is 394 g/mol. The summed E-state index contributed by atoms with van der Waals surface area (Å²) in [6, 6.07) is 6.84. The quantitative estimate of drug-likeness (QED) is 0.405. The maximum absolute atomic E-state index is 12.6. The van der Waals surface area contributed by atoms with E-state index in [0.717, 1.165) is 34.0 Å². The molecule has 1 heterocycles. The summed E-state index contributed by atoms with van der Waals surface area (Å²) in [5.41, 5.74) is -1.12. The monoisotopic (exact) mass is 394 g/mol. The molecule has 0 radical (unpaired) electrons. The number of esters is 4. The minimum absolute atomic E-state index is 0.463. The van der Waals surface area contributed by atoms with Gasteiger partial charge in [0.05, 0.1) is 34.5 Å². The van der Waals surface area contributed by atoms with Gasteiger partial charge in [-0.2, -0.15) is 0 Å². The number of carbonyl (C=O) groups excluding carboxylic acids is 4. The molecule has 1 aromatic carbocycles. The van der Waals surface area contributed by atoms with Crippen LogP contribution < -0.4 is 0 Å². The average Bonchev–Trinajstić information content (AvgIpc) is 3.09. The summed E-state index contributed by atoms with van der Waals surface area (Å²) in [5, 5.41) is 0. The third kappa shape index (κ3) is 3.33. The first-order valence-electron chi connectivity index (χ1n) is 8.35. The van der Waals surface area contributed by atoms with Gasteiger partial charge in [-0.05, 0) is 12.5 Å². The van der Waals surface area contributed by atoms with E-state index in [1.54, 1.807) is 24.3 Å². The third-order valence-corrected chi connectivity index (χ3v) is 4.75. The molecule has 0 saturated carbocycles. The number of benzene rings is 1. The van der Waals surface area contributed by atoms with E-state index in [1.165, 1.54) is 0 Å². The molecule has 9 heteroatoms. The molecule has 1 aromatic rings. The summed E-state index contributed by atoms with van der Waals surface area (Å²) in [6.45, 7) is 1.86. The summed E-state index contributed by atoms with van der Waals surface area (Å²) in [4.78, 5) is 50.5. The molecule has 28 heavy (non-hydrogen) atoms. The van der Waals surface area contributed by atoms with Crippen molar-refractivity contribution >= 4 is 23.9 Å². The largest absolute Gasteiger partial charge is 0.469 e. The van der Waals surface area contributed by atoms with Crippen LogP contribution >= 0.6 is 0 Å². The molecule has 0 aromatic heterocycles. The fraction of sp³-hybridized carbons (Fsp3) is 0.474. The highest BCUT2D eigenvalue weighted by atomic mass is 16.6. The Morgan fingerprint density at radius 1 is 0.821 bits per heavy atom. The Kier molecular flexibility index (Phi) is 6.40. The van der Waals surface area contributed by atoms with Gasteiger partial charge < -0.3 is 23.7 Å². The molecule has 1 fully saturated rings. The van der Waals surface area contributed by atoms with Crippen molar-refractivity contribution in [3.63, 3.8) is 0 Å². The van der Waals surface area contributed by atoms with Gasteiger partial charge in [-0.15, -0.1) is 0 Å². The first-order chi connectivity index (χ1) is 13.3. The van der Waals surface area contributed by atoms with E-state index in [4.69, 9.17) is 23.7 Å². The Hall–Kier alpha value is -2.94. The molecular formula is C19H22O9. The van der Waals surface area contributed by atoms with Crippen LogP contribution in [0.2, 0.25) is 0 Å². The second-order valence-electron chi connectivity index (χ2n) is 6.22. The van der Waals surface area contributed by atoms with Gasteiger partial charge in [0, 0.05) is 0 Å². The standard InChI is InChI=1S/C19H22O9/c1-10-6-8-11(9-7-10)14-12(15(20)24-2)13(16(21)25-3)19(28-14,17(22)26-4)18(23)27-5/h6-9,12-14H,1-5H3/t12-,13+,14-/m0/s1. The molecule has 0 N–H and O–H groups in total. The highest BCUT2D eigenvalue weighted by molar-refractivity contribution is 6.09. The number of hydrogen-bond acceptors (Lipinski definition) is 9. The van der Waals surface area contributed by atoms with Crippen molar-refractivity contribution in [3.05, 3.63) is 35.4 Å². The summed E-state index contributed by atoms with van der Waals surface area (Å²) < 4.78 is 24.8. The topological polar surface area (TPSA) is 114 Å². The van der Waals surface area contributed by atoms with Gasteiger partial charge in [-0.25, -0.2) is 9.59 Å². The Morgan fingerprint density at radius 2 is 1.32 bits per heavy atom. The molecule has 152 valence electrons. The smallest absolute Gasteiger partial charge is 0.351 e. The second kappa shape index (κ2) is 8.39. The predicted octanol–water partition coefficient (Wildman–Crippen LogP) is 0.730. The molecule has 0 amide bonds. The van der Waals surface area contributed by atoms with Crippen LogP contribution in [0.1, 0.15) is 17.2 Å². The first kappa shape index (κ1) is 21.4. The van der Waals surface area contributed by atoms with Crippen LogP contribution in [0.4, 0.5) is 0 Å². The van der Waals surface area contributed by atoms with Gasteiger partial charge >= 0.3 is 23.9 Å². The predicted molar refractivity (Wildman–Crippen MR) is 92.8 cm³/mol. The number of hydrogen-bond donors (Lipinski definition) is 0. The molecule has 9 nitrogen and oxygen atoms in total. The zero-order valence-electron chi connectivity index (χ0n) is 16.2. The molecule has 1 aliphatic rings. The Bertz CT molecular complexity index is 752. The van der Waals surface area contributed by atoms with Gasteiger partial charge in [0.15, 0.2) is 0 Å². The molecule has 0 bridgehead atoms. The van der Waals surface area contributed by atoms with Crippen LogP contribution in [0.5, 0.6) is 0 Å². The van der Waals surface area contributed by atoms with Gasteiger partial charge in [0.25, 0.3) is 5.60 Å². The van der Waals surface area contributed by atoms with E-state index < -0.39 is 47.4 Å². The van der Waals surface area contributed by atoms with Gasteiger partial charge in [0.1, 0.15) is 11.8 Å². The lowest BCUT2D eigenvalue weighted by Crippen LogP contribution is -2.56. The molecule has 0 unspecified atom stereocenters. The van der Waals surface area contributed by atoms with E-state index in [9.17, 15) is 19.2 Å². The Labute approximate surface area is 161 Å². The van der Waals surface area contributed by atoms with Gasteiger partial charge in [0.2, 0.25) is 0 Å². The molecule has 0 spiro atoms. The number of rotatable bonds is 5. The van der Waals surface area contributed by atoms with Crippen molar-refractivity contribution in [1.29, 1.82) is 0 Å². The summed E-state index contributed by atoms with van der Waals surface area (Å²) in [6.07, 6.45) is -1.16. The lowest BCUT2D eigenvalue weighted by molar-refractivity contribution is -0.194. The minimum atomic E-state index is -2.52. The molecule has 2 rings (SSSR count). The van der Waals surface area contributed by atoms with Crippen molar-refractivity contribution in [2.24, 2.45) is 11.8 Å². The van der Waals surface area contributed by atoms with Crippen molar-refractivity contribution in [3.8, 4) is 0 Å². The van der Waals surface area contributed by atoms with Crippen molar-refractivity contribution in [1.82, 2.24) is 0 Å². The van der Waals surface area contributed by atoms with Crippen molar-refractivity contribution in [2.75, 3.05) is 28.4 Å². The van der Waals surface area contributed by atoms with E-state index in [2.05, 4.69) is 0 Å². The molecule has 1 aliphatic heterocycles. The Balaban J connectivity index is 2.75. The summed E-state index contributed by atoms with van der Waals surface area (Å²) in [5.74, 6) is -7.25. The lowest BCUT2D eigenvalue weighted by Gasteiger charge is -2.27. The van der Waals surface area contributed by atoms with E-state index >= 15 is 0 Å². The normalized spacial score (nSPS) is 22.8. The number of aryl methyl sites for hydroxylation is 1. The molecule has 3 atom stereocenters. The maximum atomic E-state index is 12.6. The second-order valence-corrected chi connectivity index (χ2v) is 6.22. The van der Waals surface area contributed by atoms with Crippen molar-refractivity contribution in [2.45, 2.75) is 18.6 Å². The fourth-order valence-electron chi connectivity index (χ4n) is 3.38. The minimum Gasteiger partial charge on any atom is -0.469 e. The maximum Gasteiger partial charge on any atom is 0.351 e. The molecule has 1 saturated heterocycles. The summed E-state index contributed by atoms with van der Waals surface area (Å²) >= 11 is 0.